The summed E-state index contributed by atoms with van der Waals surface area (Å²) >= 11 is 0. The van der Waals surface area contributed by atoms with Crippen LogP contribution in [0, 0.1) is 17.8 Å². The summed E-state index contributed by atoms with van der Waals surface area (Å²) in [6.07, 6.45) is 10.9. The molecule has 1 aliphatic carbocycles. The van der Waals surface area contributed by atoms with E-state index in [1.807, 2.05) is 0 Å². The van der Waals surface area contributed by atoms with E-state index in [0.717, 1.165) is 24.3 Å². The molecule has 2 nitrogen and oxygen atoms in total. The van der Waals surface area contributed by atoms with Crippen molar-refractivity contribution in [2.24, 2.45) is 22.7 Å². The summed E-state index contributed by atoms with van der Waals surface area (Å²) in [5.41, 5.74) is 0. The smallest absolute Gasteiger partial charge is 0.186 e. The lowest BCUT2D eigenvalue weighted by molar-refractivity contribution is 0.208. The van der Waals surface area contributed by atoms with Crippen molar-refractivity contribution in [1.82, 2.24) is 0 Å². The molecule has 0 bridgehead atoms. The van der Waals surface area contributed by atoms with Crippen molar-refractivity contribution in [2.75, 3.05) is 13.7 Å². The zero-order chi connectivity index (χ0) is 12.1. The van der Waals surface area contributed by atoms with E-state index in [9.17, 15) is 0 Å². The van der Waals surface area contributed by atoms with Crippen LogP contribution in [-0.2, 0) is 4.74 Å². The first-order chi connectivity index (χ1) is 8.35. The van der Waals surface area contributed by atoms with Crippen LogP contribution in [0.1, 0.15) is 58.3 Å². The second-order valence-corrected chi connectivity index (χ2v) is 5.72. The van der Waals surface area contributed by atoms with Gasteiger partial charge in [-0.15, -0.1) is 0 Å². The minimum Gasteiger partial charge on any atom is -0.484 e. The van der Waals surface area contributed by atoms with E-state index in [0.29, 0.717) is 5.92 Å². The standard InChI is InChI=1S/C15H27NO/c1-3-12-7-9-13(10-8-12)14-6-4-5-11-16-15(14)17-2/h12-14H,3-11H2,1-2H3. The quantitative estimate of drug-likeness (QED) is 0.710. The summed E-state index contributed by atoms with van der Waals surface area (Å²) in [5.74, 6) is 3.51. The number of aliphatic imine (C=N–C) groups is 1. The Hall–Kier alpha value is -0.530. The van der Waals surface area contributed by atoms with Crippen LogP contribution < -0.4 is 0 Å². The Morgan fingerprint density at radius 1 is 1.12 bits per heavy atom. The monoisotopic (exact) mass is 237 g/mol. The molecular weight excluding hydrogens is 210 g/mol. The van der Waals surface area contributed by atoms with Crippen LogP contribution in [0.25, 0.3) is 0 Å². The summed E-state index contributed by atoms with van der Waals surface area (Å²) < 4.78 is 5.54. The lowest BCUT2D eigenvalue weighted by atomic mass is 9.73. The third-order valence-corrected chi connectivity index (χ3v) is 4.76. The Morgan fingerprint density at radius 2 is 1.88 bits per heavy atom. The molecule has 1 atom stereocenters. The van der Waals surface area contributed by atoms with E-state index in [4.69, 9.17) is 4.74 Å². The van der Waals surface area contributed by atoms with Gasteiger partial charge in [0, 0.05) is 12.5 Å². The van der Waals surface area contributed by atoms with Gasteiger partial charge in [0.05, 0.1) is 7.11 Å². The number of nitrogens with zero attached hydrogens (tertiary/aromatic N) is 1. The molecule has 1 fully saturated rings. The van der Waals surface area contributed by atoms with E-state index in [1.54, 1.807) is 7.11 Å². The molecule has 1 saturated carbocycles. The van der Waals surface area contributed by atoms with Gasteiger partial charge >= 0.3 is 0 Å². The fourth-order valence-corrected chi connectivity index (χ4v) is 3.56. The first-order valence-electron chi connectivity index (χ1n) is 7.43. The molecule has 98 valence electrons. The van der Waals surface area contributed by atoms with Crippen molar-refractivity contribution in [3.63, 3.8) is 0 Å². The highest BCUT2D eigenvalue weighted by Crippen LogP contribution is 2.38. The van der Waals surface area contributed by atoms with Crippen LogP contribution in [0.4, 0.5) is 0 Å². The average molecular weight is 237 g/mol. The molecule has 2 aliphatic rings. The van der Waals surface area contributed by atoms with Gasteiger partial charge in [-0.05, 0) is 37.5 Å². The maximum Gasteiger partial charge on any atom is 0.186 e. The Balaban J connectivity index is 1.95. The molecular formula is C15H27NO. The zero-order valence-electron chi connectivity index (χ0n) is 11.5. The maximum atomic E-state index is 5.54. The molecule has 1 aliphatic heterocycles. The van der Waals surface area contributed by atoms with Crippen LogP contribution >= 0.6 is 0 Å². The minimum absolute atomic E-state index is 0.625. The van der Waals surface area contributed by atoms with Crippen molar-refractivity contribution in [3.05, 3.63) is 0 Å². The van der Waals surface area contributed by atoms with Crippen LogP contribution in [0.2, 0.25) is 0 Å². The minimum atomic E-state index is 0.625. The fourth-order valence-electron chi connectivity index (χ4n) is 3.56. The first kappa shape index (κ1) is 12.9. The van der Waals surface area contributed by atoms with Crippen molar-refractivity contribution in [3.8, 4) is 0 Å². The molecule has 2 rings (SSSR count). The number of rotatable bonds is 2. The molecule has 0 aromatic heterocycles. The number of hydrogen-bond donors (Lipinski definition) is 0. The summed E-state index contributed by atoms with van der Waals surface area (Å²) in [6, 6.07) is 0. The predicted octanol–water partition coefficient (Wildman–Crippen LogP) is 4.05. The van der Waals surface area contributed by atoms with Gasteiger partial charge < -0.3 is 4.74 Å². The van der Waals surface area contributed by atoms with Crippen LogP contribution in [0.3, 0.4) is 0 Å². The van der Waals surface area contributed by atoms with Crippen LogP contribution in [0.15, 0.2) is 4.99 Å². The van der Waals surface area contributed by atoms with Gasteiger partial charge in [0.25, 0.3) is 0 Å². The molecule has 0 N–H and O–H groups in total. The highest BCUT2D eigenvalue weighted by atomic mass is 16.5. The molecule has 0 amide bonds. The molecule has 0 radical (unpaired) electrons. The SMILES string of the molecule is CCC1CCC(C2CCCCN=C2OC)CC1. The van der Waals surface area contributed by atoms with Crippen LogP contribution in [-0.4, -0.2) is 19.6 Å². The fraction of sp³-hybridized carbons (Fsp3) is 0.933. The highest BCUT2D eigenvalue weighted by Gasteiger charge is 2.31. The van der Waals surface area contributed by atoms with E-state index < -0.39 is 0 Å². The van der Waals surface area contributed by atoms with Gasteiger partial charge in [-0.3, -0.25) is 4.99 Å². The topological polar surface area (TPSA) is 21.6 Å². The Kier molecular flexibility index (Phi) is 4.87. The molecule has 0 aromatic rings. The Labute approximate surface area is 106 Å². The third kappa shape index (κ3) is 3.23. The lowest BCUT2D eigenvalue weighted by Gasteiger charge is -2.33. The number of methoxy groups -OCH3 is 1. The highest BCUT2D eigenvalue weighted by molar-refractivity contribution is 5.79. The number of hydrogen-bond acceptors (Lipinski definition) is 2. The van der Waals surface area contributed by atoms with Gasteiger partial charge in [0.2, 0.25) is 0 Å². The maximum absolute atomic E-state index is 5.54. The van der Waals surface area contributed by atoms with E-state index in [2.05, 4.69) is 11.9 Å². The predicted molar refractivity (Wildman–Crippen MR) is 72.4 cm³/mol. The van der Waals surface area contributed by atoms with Crippen molar-refractivity contribution in [1.29, 1.82) is 0 Å². The molecule has 1 heterocycles. The second-order valence-electron chi connectivity index (χ2n) is 5.72. The molecule has 17 heavy (non-hydrogen) atoms. The Bertz CT molecular complexity index is 254. The van der Waals surface area contributed by atoms with Gasteiger partial charge in [0.1, 0.15) is 0 Å². The number of ether oxygens (including phenoxy) is 1. The molecule has 0 aromatic carbocycles. The average Bonchev–Trinajstić information content (AvgIpc) is 2.64. The van der Waals surface area contributed by atoms with E-state index in [1.165, 1.54) is 51.4 Å². The Morgan fingerprint density at radius 3 is 2.53 bits per heavy atom. The molecule has 0 spiro atoms. The van der Waals surface area contributed by atoms with Crippen molar-refractivity contribution >= 4 is 5.90 Å². The van der Waals surface area contributed by atoms with E-state index in [-0.39, 0.29) is 0 Å². The van der Waals surface area contributed by atoms with Gasteiger partial charge in [-0.2, -0.15) is 0 Å². The molecule has 0 saturated heterocycles. The third-order valence-electron chi connectivity index (χ3n) is 4.76. The molecule has 2 heteroatoms. The second kappa shape index (κ2) is 6.42. The largest absolute Gasteiger partial charge is 0.484 e. The van der Waals surface area contributed by atoms with E-state index >= 15 is 0 Å². The summed E-state index contributed by atoms with van der Waals surface area (Å²) in [5, 5.41) is 0. The summed E-state index contributed by atoms with van der Waals surface area (Å²) in [6.45, 7) is 3.31. The van der Waals surface area contributed by atoms with Gasteiger partial charge in [-0.25, -0.2) is 0 Å². The summed E-state index contributed by atoms with van der Waals surface area (Å²) in [4.78, 5) is 4.63. The lowest BCUT2D eigenvalue weighted by Crippen LogP contribution is -2.28. The normalized spacial score (nSPS) is 34.9. The first-order valence-corrected chi connectivity index (χ1v) is 7.43. The van der Waals surface area contributed by atoms with Crippen LogP contribution in [0.5, 0.6) is 0 Å². The van der Waals surface area contributed by atoms with Crippen molar-refractivity contribution in [2.45, 2.75) is 58.3 Å². The van der Waals surface area contributed by atoms with Gasteiger partial charge in [0.15, 0.2) is 5.90 Å². The zero-order valence-corrected chi connectivity index (χ0v) is 11.5. The van der Waals surface area contributed by atoms with Crippen molar-refractivity contribution < 1.29 is 4.74 Å². The molecule has 1 unspecified atom stereocenters. The van der Waals surface area contributed by atoms with Gasteiger partial charge in [-0.1, -0.05) is 32.6 Å². The summed E-state index contributed by atoms with van der Waals surface area (Å²) in [7, 11) is 1.80.